The van der Waals surface area contributed by atoms with Gasteiger partial charge in [-0.05, 0) is 11.8 Å². The molecule has 0 spiro atoms. The molecule has 0 aliphatic carbocycles. The zero-order chi connectivity index (χ0) is 15.7. The smallest absolute Gasteiger partial charge is 0.239 e. The molecule has 0 atom stereocenters. The molecule has 2 N–H and O–H groups in total. The molecule has 0 rings (SSSR count). The number of thiol groups is 1. The molecule has 0 fully saturated rings. The van der Waals surface area contributed by atoms with Crippen LogP contribution in [0.4, 0.5) is 0 Å². The van der Waals surface area contributed by atoms with Crippen LogP contribution < -0.4 is 0 Å². The zero-order valence-electron chi connectivity index (χ0n) is 13.4. The average molecular weight is 394 g/mol. The fraction of sp³-hybridized carbons (Fsp3) is 1.00. The van der Waals surface area contributed by atoms with E-state index >= 15 is 0 Å². The van der Waals surface area contributed by atoms with E-state index in [1.807, 2.05) is 0 Å². The Bertz CT molecular complexity index is 205. The van der Waals surface area contributed by atoms with E-state index in [9.17, 15) is 0 Å². The van der Waals surface area contributed by atoms with Gasteiger partial charge in [-0.25, -0.2) is 0 Å². The molecule has 2 nitrogen and oxygen atoms in total. The molecule has 0 heterocycles. The van der Waals surface area contributed by atoms with E-state index in [4.69, 9.17) is 9.79 Å². The minimum absolute atomic E-state index is 0.0568. The van der Waals surface area contributed by atoms with E-state index < -0.39 is 5.69 Å². The van der Waals surface area contributed by atoms with Gasteiger partial charge in [-0.2, -0.15) is 0 Å². The third-order valence-electron chi connectivity index (χ3n) is 3.21. The predicted octanol–water partition coefficient (Wildman–Crippen LogP) is 5.97. The molecule has 0 radical (unpaired) electrons. The van der Waals surface area contributed by atoms with Crippen molar-refractivity contribution < 1.29 is 26.9 Å². The number of rotatable bonds is 12. The molecular formula is C14H33O2PS2Zn. The minimum Gasteiger partial charge on any atom is -0.338 e. The summed E-state index contributed by atoms with van der Waals surface area (Å²) in [6.45, 7) is 4.60. The molecule has 0 amide bonds. The summed E-state index contributed by atoms with van der Waals surface area (Å²) in [7, 11) is 0. The van der Waals surface area contributed by atoms with Crippen molar-refractivity contribution in [3.63, 3.8) is 0 Å². The van der Waals surface area contributed by atoms with E-state index in [-0.39, 0.29) is 17.1 Å². The SMILES string of the molecule is CCCCCC[CH2][Zn][CH2]CCCCCC.OP(O)(=S)S. The molecule has 0 unspecified atom stereocenters. The third kappa shape index (κ3) is 36.6. The van der Waals surface area contributed by atoms with Crippen molar-refractivity contribution in [1.29, 1.82) is 0 Å². The molecule has 120 valence electrons. The van der Waals surface area contributed by atoms with E-state index in [1.165, 1.54) is 51.4 Å². The van der Waals surface area contributed by atoms with E-state index in [2.05, 4.69) is 37.9 Å². The van der Waals surface area contributed by atoms with Gasteiger partial charge in [-0.1, -0.05) is 12.2 Å². The molecule has 0 aliphatic rings. The standard InChI is InChI=1S/2C7H15.H3O2PS2.Zn/c2*1-3-5-7-6-4-2;1-3(2,4)5;/h2*1,3-7H2,2H3;(H3,1,2,4,5);. The Morgan fingerprint density at radius 3 is 1.40 bits per heavy atom. The van der Waals surface area contributed by atoms with Gasteiger partial charge in [0.1, 0.15) is 0 Å². The first-order valence-corrected chi connectivity index (χ1v) is 16.3. The molecule has 0 bridgehead atoms. The molecule has 0 saturated carbocycles. The third-order valence-corrected chi connectivity index (χ3v) is 7.40. The Hall–Kier alpha value is 1.54. The van der Waals surface area contributed by atoms with Gasteiger partial charge in [0.2, 0.25) is 5.69 Å². The maximum Gasteiger partial charge on any atom is 0.239 e. The van der Waals surface area contributed by atoms with Crippen LogP contribution in [0.2, 0.25) is 10.0 Å². The van der Waals surface area contributed by atoms with Gasteiger partial charge in [0.15, 0.2) is 0 Å². The summed E-state index contributed by atoms with van der Waals surface area (Å²) in [5, 5.41) is 3.34. The van der Waals surface area contributed by atoms with Crippen LogP contribution >= 0.6 is 17.9 Å². The Labute approximate surface area is 144 Å². The van der Waals surface area contributed by atoms with Gasteiger partial charge in [0.25, 0.3) is 0 Å². The summed E-state index contributed by atoms with van der Waals surface area (Å²) in [6, 6.07) is 0. The summed E-state index contributed by atoms with van der Waals surface area (Å²) < 4.78 is 0. The van der Waals surface area contributed by atoms with Crippen molar-refractivity contribution in [3.8, 4) is 0 Å². The van der Waals surface area contributed by atoms with Gasteiger partial charge >= 0.3 is 105 Å². The topological polar surface area (TPSA) is 40.5 Å². The van der Waals surface area contributed by atoms with Gasteiger partial charge in [-0.3, -0.25) is 0 Å². The first kappa shape index (κ1) is 23.8. The van der Waals surface area contributed by atoms with Crippen molar-refractivity contribution in [2.45, 2.75) is 88.1 Å². The normalized spacial score (nSPS) is 10.7. The zero-order valence-corrected chi connectivity index (χ0v) is 19.0. The molecule has 0 aromatic rings. The Kier molecular flexibility index (Phi) is 22.1. The maximum absolute atomic E-state index is 7.87. The molecule has 0 saturated heterocycles. The second-order valence-electron chi connectivity index (χ2n) is 5.40. The summed E-state index contributed by atoms with van der Waals surface area (Å²) in [6.07, 6.45) is 14.9. The molecule has 0 aliphatic heterocycles. The van der Waals surface area contributed by atoms with Gasteiger partial charge < -0.3 is 9.79 Å². The number of hydrogen-bond acceptors (Lipinski definition) is 1. The fourth-order valence-corrected chi connectivity index (χ4v) is 5.80. The van der Waals surface area contributed by atoms with Gasteiger partial charge in [0, 0.05) is 0 Å². The van der Waals surface area contributed by atoms with Crippen molar-refractivity contribution in [2.75, 3.05) is 0 Å². The second kappa shape index (κ2) is 18.6. The minimum atomic E-state index is -3.11. The first-order chi connectivity index (χ1) is 9.41. The molecule has 6 heteroatoms. The van der Waals surface area contributed by atoms with Gasteiger partial charge in [-0.15, -0.1) is 0 Å². The van der Waals surface area contributed by atoms with E-state index in [1.54, 1.807) is 22.9 Å². The van der Waals surface area contributed by atoms with Crippen LogP contribution in [0.25, 0.3) is 0 Å². The quantitative estimate of drug-likeness (QED) is 0.165. The molecular weight excluding hydrogens is 361 g/mol. The van der Waals surface area contributed by atoms with Crippen molar-refractivity contribution in [3.05, 3.63) is 0 Å². The monoisotopic (exact) mass is 392 g/mol. The van der Waals surface area contributed by atoms with Crippen LogP contribution in [0.15, 0.2) is 0 Å². The fourth-order valence-electron chi connectivity index (χ4n) is 2.09. The van der Waals surface area contributed by atoms with Crippen LogP contribution in [0, 0.1) is 0 Å². The van der Waals surface area contributed by atoms with E-state index in [0.717, 1.165) is 0 Å². The summed E-state index contributed by atoms with van der Waals surface area (Å²) in [5.74, 6) is 0. The number of hydrogen-bond donors (Lipinski definition) is 3. The Morgan fingerprint density at radius 2 is 1.10 bits per heavy atom. The largest absolute Gasteiger partial charge is 0.338 e. The van der Waals surface area contributed by atoms with E-state index in [0.29, 0.717) is 0 Å². The maximum atomic E-state index is 7.87. The summed E-state index contributed by atoms with van der Waals surface area (Å²) in [4.78, 5) is 15.7. The van der Waals surface area contributed by atoms with Gasteiger partial charge in [0.05, 0.1) is 0 Å². The van der Waals surface area contributed by atoms with Crippen LogP contribution in [0.1, 0.15) is 78.1 Å². The van der Waals surface area contributed by atoms with Crippen molar-refractivity contribution in [2.24, 2.45) is 0 Å². The first-order valence-electron chi connectivity index (χ1n) is 8.20. The van der Waals surface area contributed by atoms with Crippen LogP contribution in [0.3, 0.4) is 0 Å². The van der Waals surface area contributed by atoms with Crippen LogP contribution in [-0.4, -0.2) is 9.79 Å². The van der Waals surface area contributed by atoms with Crippen LogP contribution in [-0.2, 0) is 28.9 Å². The Balaban J connectivity index is 0. The summed E-state index contributed by atoms with van der Waals surface area (Å²) in [5.41, 5.74) is -3.11. The average Bonchev–Trinajstić information content (AvgIpc) is 2.34. The van der Waals surface area contributed by atoms with Crippen molar-refractivity contribution in [1.82, 2.24) is 0 Å². The molecule has 20 heavy (non-hydrogen) atoms. The molecule has 0 aromatic carbocycles. The van der Waals surface area contributed by atoms with Crippen LogP contribution in [0.5, 0.6) is 0 Å². The predicted molar refractivity (Wildman–Crippen MR) is 94.8 cm³/mol. The van der Waals surface area contributed by atoms with Crippen molar-refractivity contribution >= 4 is 29.7 Å². The summed E-state index contributed by atoms with van der Waals surface area (Å²) >= 11 is 7.02. The Morgan fingerprint density at radius 1 is 0.800 bits per heavy atom. The second-order valence-corrected chi connectivity index (χ2v) is 14.9. The molecule has 0 aromatic heterocycles. The number of unbranched alkanes of at least 4 members (excludes halogenated alkanes) is 8.